The lowest BCUT2D eigenvalue weighted by Gasteiger charge is -2.18. The van der Waals surface area contributed by atoms with Gasteiger partial charge in [-0.1, -0.05) is 0 Å². The fraction of sp³-hybridized carbons (Fsp3) is 0.316. The molecule has 1 N–H and O–H groups in total. The van der Waals surface area contributed by atoms with Crippen molar-refractivity contribution < 1.29 is 27.1 Å². The standard InChI is InChI=1S/C19H21FN2O5S/c1-12-10-13(4-6-15(12)20)22-9-8-16(19(22)23)21-28(24,25)18-11-14(26-2)5-7-17(18)27-3/h4-7,10-11,16,21H,8-9H2,1-3H3/t16-/m0/s1. The lowest BCUT2D eigenvalue weighted by atomic mass is 10.2. The van der Waals surface area contributed by atoms with Crippen molar-refractivity contribution in [2.75, 3.05) is 25.7 Å². The number of methoxy groups -OCH3 is 2. The van der Waals surface area contributed by atoms with Crippen LogP contribution in [0, 0.1) is 12.7 Å². The summed E-state index contributed by atoms with van der Waals surface area (Å²) in [5.74, 6) is -0.263. The molecule has 3 rings (SSSR count). The Labute approximate surface area is 163 Å². The Morgan fingerprint density at radius 1 is 1.14 bits per heavy atom. The lowest BCUT2D eigenvalue weighted by Crippen LogP contribution is -2.41. The third kappa shape index (κ3) is 3.81. The fourth-order valence-electron chi connectivity index (χ4n) is 3.09. The van der Waals surface area contributed by atoms with E-state index < -0.39 is 22.0 Å². The first-order valence-corrected chi connectivity index (χ1v) is 10.1. The Kier molecular flexibility index (Phi) is 5.57. The zero-order valence-corrected chi connectivity index (χ0v) is 16.5. The van der Waals surface area contributed by atoms with Crippen LogP contribution >= 0.6 is 0 Å². The highest BCUT2D eigenvalue weighted by Crippen LogP contribution is 2.30. The molecule has 0 radical (unpaired) electrons. The molecule has 1 fully saturated rings. The van der Waals surface area contributed by atoms with Gasteiger partial charge in [0.15, 0.2) is 0 Å². The Morgan fingerprint density at radius 3 is 2.54 bits per heavy atom. The molecular formula is C19H21FN2O5S. The van der Waals surface area contributed by atoms with Gasteiger partial charge in [-0.25, -0.2) is 12.8 Å². The number of amides is 1. The van der Waals surface area contributed by atoms with Gasteiger partial charge in [0.1, 0.15) is 28.3 Å². The second-order valence-corrected chi connectivity index (χ2v) is 8.09. The van der Waals surface area contributed by atoms with Crippen molar-refractivity contribution in [3.8, 4) is 11.5 Å². The fourth-order valence-corrected chi connectivity index (χ4v) is 4.49. The number of halogens is 1. The maximum Gasteiger partial charge on any atom is 0.245 e. The largest absolute Gasteiger partial charge is 0.497 e. The second kappa shape index (κ2) is 7.76. The molecule has 0 bridgehead atoms. The van der Waals surface area contributed by atoms with Gasteiger partial charge in [0, 0.05) is 18.3 Å². The number of rotatable bonds is 6. The van der Waals surface area contributed by atoms with Gasteiger partial charge < -0.3 is 14.4 Å². The summed E-state index contributed by atoms with van der Waals surface area (Å²) in [6.45, 7) is 1.93. The average Bonchev–Trinajstić information content (AvgIpc) is 3.03. The first-order valence-electron chi connectivity index (χ1n) is 8.58. The molecule has 0 spiro atoms. The van der Waals surface area contributed by atoms with Crippen molar-refractivity contribution in [3.05, 3.63) is 47.8 Å². The average molecular weight is 408 g/mol. The monoisotopic (exact) mass is 408 g/mol. The molecule has 1 aliphatic heterocycles. The summed E-state index contributed by atoms with van der Waals surface area (Å²) >= 11 is 0. The summed E-state index contributed by atoms with van der Waals surface area (Å²) in [7, 11) is -1.25. The molecule has 2 aromatic rings. The molecular weight excluding hydrogens is 387 g/mol. The third-order valence-corrected chi connectivity index (χ3v) is 6.11. The highest BCUT2D eigenvalue weighted by atomic mass is 32.2. The van der Waals surface area contributed by atoms with E-state index in [4.69, 9.17) is 9.47 Å². The van der Waals surface area contributed by atoms with Crippen LogP contribution in [0.25, 0.3) is 0 Å². The minimum Gasteiger partial charge on any atom is -0.497 e. The van der Waals surface area contributed by atoms with Gasteiger partial charge in [-0.15, -0.1) is 0 Å². The van der Waals surface area contributed by atoms with Gasteiger partial charge in [0.05, 0.1) is 14.2 Å². The molecule has 150 valence electrons. The smallest absolute Gasteiger partial charge is 0.245 e. The van der Waals surface area contributed by atoms with Crippen LogP contribution in [0.15, 0.2) is 41.3 Å². The lowest BCUT2D eigenvalue weighted by molar-refractivity contribution is -0.118. The van der Waals surface area contributed by atoms with E-state index in [-0.39, 0.29) is 16.5 Å². The normalized spacial score (nSPS) is 17.1. The molecule has 1 saturated heterocycles. The quantitative estimate of drug-likeness (QED) is 0.792. The molecule has 1 atom stereocenters. The minimum absolute atomic E-state index is 0.113. The van der Waals surface area contributed by atoms with Crippen LogP contribution in [0.5, 0.6) is 11.5 Å². The van der Waals surface area contributed by atoms with Gasteiger partial charge in [-0.05, 0) is 49.2 Å². The molecule has 1 heterocycles. The van der Waals surface area contributed by atoms with E-state index in [9.17, 15) is 17.6 Å². The molecule has 0 unspecified atom stereocenters. The predicted octanol–water partition coefficient (Wildman–Crippen LogP) is 2.24. The predicted molar refractivity (Wildman–Crippen MR) is 102 cm³/mol. The number of nitrogens with zero attached hydrogens (tertiary/aromatic N) is 1. The summed E-state index contributed by atoms with van der Waals surface area (Å²) in [4.78, 5) is 14.1. The molecule has 1 amide bonds. The SMILES string of the molecule is COc1ccc(OC)c(S(=O)(=O)N[C@H]2CCN(c3ccc(F)c(C)c3)C2=O)c1. The summed E-state index contributed by atoms with van der Waals surface area (Å²) < 4.78 is 51.9. The summed E-state index contributed by atoms with van der Waals surface area (Å²) in [5, 5.41) is 0. The van der Waals surface area contributed by atoms with Gasteiger partial charge in [-0.2, -0.15) is 4.72 Å². The van der Waals surface area contributed by atoms with Gasteiger partial charge >= 0.3 is 0 Å². The van der Waals surface area contributed by atoms with E-state index >= 15 is 0 Å². The Bertz CT molecular complexity index is 1010. The maximum atomic E-state index is 13.5. The first kappa shape index (κ1) is 20.1. The molecule has 0 aromatic heterocycles. The highest BCUT2D eigenvalue weighted by Gasteiger charge is 2.36. The zero-order valence-electron chi connectivity index (χ0n) is 15.7. The van der Waals surface area contributed by atoms with Crippen molar-refractivity contribution in [1.82, 2.24) is 4.72 Å². The van der Waals surface area contributed by atoms with E-state index in [0.29, 0.717) is 30.0 Å². The number of benzene rings is 2. The van der Waals surface area contributed by atoms with Crippen LogP contribution in [0.1, 0.15) is 12.0 Å². The van der Waals surface area contributed by atoms with Gasteiger partial charge in [0.25, 0.3) is 0 Å². The maximum absolute atomic E-state index is 13.5. The number of sulfonamides is 1. The number of carbonyl (C=O) groups is 1. The zero-order chi connectivity index (χ0) is 20.5. The van der Waals surface area contributed by atoms with E-state index in [2.05, 4.69) is 4.72 Å². The number of carbonyl (C=O) groups excluding carboxylic acids is 1. The van der Waals surface area contributed by atoms with Crippen LogP contribution in [0.3, 0.4) is 0 Å². The molecule has 2 aromatic carbocycles. The number of nitrogens with one attached hydrogen (secondary N) is 1. The van der Waals surface area contributed by atoms with Crippen molar-refractivity contribution >= 4 is 21.6 Å². The van der Waals surface area contributed by atoms with E-state index in [1.807, 2.05) is 0 Å². The van der Waals surface area contributed by atoms with Gasteiger partial charge in [0.2, 0.25) is 15.9 Å². The Hall–Kier alpha value is -2.65. The molecule has 28 heavy (non-hydrogen) atoms. The number of ether oxygens (including phenoxy) is 2. The van der Waals surface area contributed by atoms with Crippen molar-refractivity contribution in [2.24, 2.45) is 0 Å². The number of hydrogen-bond acceptors (Lipinski definition) is 5. The van der Waals surface area contributed by atoms with Crippen molar-refractivity contribution in [3.63, 3.8) is 0 Å². The Balaban J connectivity index is 1.84. The first-order chi connectivity index (χ1) is 13.3. The van der Waals surface area contributed by atoms with Crippen LogP contribution in [-0.4, -0.2) is 41.1 Å². The van der Waals surface area contributed by atoms with Crippen LogP contribution in [-0.2, 0) is 14.8 Å². The number of aryl methyl sites for hydroxylation is 1. The summed E-state index contributed by atoms with van der Waals surface area (Å²) in [5.41, 5.74) is 0.944. The molecule has 0 saturated carbocycles. The van der Waals surface area contributed by atoms with E-state index in [0.717, 1.165) is 0 Å². The molecule has 9 heteroatoms. The van der Waals surface area contributed by atoms with E-state index in [1.165, 1.54) is 43.4 Å². The summed E-state index contributed by atoms with van der Waals surface area (Å²) in [6, 6.07) is 7.83. The Morgan fingerprint density at radius 2 is 1.89 bits per heavy atom. The number of anilines is 1. The molecule has 0 aliphatic carbocycles. The van der Waals surface area contributed by atoms with Gasteiger partial charge in [-0.3, -0.25) is 4.79 Å². The number of hydrogen-bond donors (Lipinski definition) is 1. The van der Waals surface area contributed by atoms with E-state index in [1.54, 1.807) is 19.1 Å². The molecule has 7 nitrogen and oxygen atoms in total. The topological polar surface area (TPSA) is 84.9 Å². The second-order valence-electron chi connectivity index (χ2n) is 6.40. The van der Waals surface area contributed by atoms with Crippen molar-refractivity contribution in [1.29, 1.82) is 0 Å². The van der Waals surface area contributed by atoms with Crippen LogP contribution in [0.2, 0.25) is 0 Å². The highest BCUT2D eigenvalue weighted by molar-refractivity contribution is 7.89. The van der Waals surface area contributed by atoms with Crippen LogP contribution in [0.4, 0.5) is 10.1 Å². The molecule has 1 aliphatic rings. The minimum atomic E-state index is -4.03. The van der Waals surface area contributed by atoms with Crippen LogP contribution < -0.4 is 19.1 Å². The third-order valence-electron chi connectivity index (χ3n) is 4.62. The summed E-state index contributed by atoms with van der Waals surface area (Å²) in [6.07, 6.45) is 0.292. The van der Waals surface area contributed by atoms with Crippen molar-refractivity contribution in [2.45, 2.75) is 24.3 Å².